The van der Waals surface area contributed by atoms with Gasteiger partial charge in [0.1, 0.15) is 0 Å². The number of fused-ring (bicyclic) bond motifs is 1. The maximum absolute atomic E-state index is 5.89. The van der Waals surface area contributed by atoms with Crippen LogP contribution >= 0.6 is 0 Å². The monoisotopic (exact) mass is 268 g/mol. The Morgan fingerprint density at radius 2 is 2.25 bits per heavy atom. The second-order valence-corrected chi connectivity index (χ2v) is 5.41. The van der Waals surface area contributed by atoms with Crippen LogP contribution in [0.1, 0.15) is 24.8 Å². The van der Waals surface area contributed by atoms with Crippen LogP contribution in [0.5, 0.6) is 0 Å². The Balaban J connectivity index is 1.60. The minimum Gasteiger partial charge on any atom is -0.370 e. The largest absolute Gasteiger partial charge is 0.370 e. The molecule has 104 valence electrons. The van der Waals surface area contributed by atoms with Crippen molar-refractivity contribution in [1.82, 2.24) is 10.3 Å². The van der Waals surface area contributed by atoms with Gasteiger partial charge in [-0.25, -0.2) is 4.99 Å². The smallest absolute Gasteiger partial charge is 0.188 e. The molecular weight excluding hydrogens is 248 g/mol. The van der Waals surface area contributed by atoms with Crippen molar-refractivity contribution in [1.29, 1.82) is 0 Å². The van der Waals surface area contributed by atoms with E-state index in [-0.39, 0.29) is 0 Å². The number of aromatic nitrogens is 1. The molecule has 1 aliphatic rings. The standard InChI is InChI=1S/C16H20N4/c17-16(19-10-12-3-1-4-12)20-11-13-6-7-15-14(9-13)5-2-8-18-15/h2,5-9,12H,1,3-4,10-11H2,(H3,17,19,20). The van der Waals surface area contributed by atoms with Gasteiger partial charge in [0.15, 0.2) is 5.96 Å². The van der Waals surface area contributed by atoms with E-state index >= 15 is 0 Å². The third-order valence-corrected chi connectivity index (χ3v) is 3.90. The summed E-state index contributed by atoms with van der Waals surface area (Å²) in [6.45, 7) is 1.56. The van der Waals surface area contributed by atoms with Gasteiger partial charge in [-0.1, -0.05) is 18.6 Å². The molecule has 1 aromatic carbocycles. The normalized spacial score (nSPS) is 16.1. The molecule has 3 N–H and O–H groups in total. The first-order valence-electron chi connectivity index (χ1n) is 7.19. The Morgan fingerprint density at radius 1 is 1.35 bits per heavy atom. The molecule has 20 heavy (non-hydrogen) atoms. The van der Waals surface area contributed by atoms with Crippen LogP contribution in [0, 0.1) is 5.92 Å². The fourth-order valence-electron chi connectivity index (χ4n) is 2.40. The van der Waals surface area contributed by atoms with Crippen LogP contribution in [0.2, 0.25) is 0 Å². The number of aliphatic imine (C=N–C) groups is 1. The quantitative estimate of drug-likeness (QED) is 0.661. The molecule has 1 fully saturated rings. The van der Waals surface area contributed by atoms with Gasteiger partial charge in [0.25, 0.3) is 0 Å². The summed E-state index contributed by atoms with van der Waals surface area (Å²) in [5, 5.41) is 4.35. The van der Waals surface area contributed by atoms with Gasteiger partial charge in [-0.05, 0) is 42.5 Å². The first kappa shape index (κ1) is 12.9. The number of guanidine groups is 1. The van der Waals surface area contributed by atoms with Crippen LogP contribution in [0.25, 0.3) is 10.9 Å². The van der Waals surface area contributed by atoms with Gasteiger partial charge < -0.3 is 11.1 Å². The molecule has 4 nitrogen and oxygen atoms in total. The van der Waals surface area contributed by atoms with E-state index in [1.807, 2.05) is 18.3 Å². The van der Waals surface area contributed by atoms with E-state index in [9.17, 15) is 0 Å². The molecule has 0 bridgehead atoms. The zero-order valence-electron chi connectivity index (χ0n) is 11.5. The number of nitrogens with zero attached hydrogens (tertiary/aromatic N) is 2. The number of nitrogens with one attached hydrogen (secondary N) is 1. The number of nitrogens with two attached hydrogens (primary N) is 1. The molecule has 2 aromatic rings. The van der Waals surface area contributed by atoms with Gasteiger partial charge in [0.05, 0.1) is 12.1 Å². The maximum atomic E-state index is 5.89. The summed E-state index contributed by atoms with van der Waals surface area (Å²) >= 11 is 0. The van der Waals surface area contributed by atoms with Crippen molar-refractivity contribution >= 4 is 16.9 Å². The van der Waals surface area contributed by atoms with Crippen molar-refractivity contribution in [2.75, 3.05) is 6.54 Å². The summed E-state index contributed by atoms with van der Waals surface area (Å²) < 4.78 is 0. The van der Waals surface area contributed by atoms with Gasteiger partial charge in [-0.2, -0.15) is 0 Å². The number of hydrogen-bond donors (Lipinski definition) is 2. The second-order valence-electron chi connectivity index (χ2n) is 5.41. The van der Waals surface area contributed by atoms with Gasteiger partial charge in [-0.15, -0.1) is 0 Å². The van der Waals surface area contributed by atoms with E-state index in [0.717, 1.165) is 28.9 Å². The first-order valence-corrected chi connectivity index (χ1v) is 7.19. The fourth-order valence-corrected chi connectivity index (χ4v) is 2.40. The highest BCUT2D eigenvalue weighted by Crippen LogP contribution is 2.25. The Kier molecular flexibility index (Phi) is 3.81. The predicted octanol–water partition coefficient (Wildman–Crippen LogP) is 2.44. The predicted molar refractivity (Wildman–Crippen MR) is 82.4 cm³/mol. The number of pyridine rings is 1. The molecule has 1 aromatic heterocycles. The lowest BCUT2D eigenvalue weighted by molar-refractivity contribution is 0.315. The molecule has 0 unspecified atom stereocenters. The van der Waals surface area contributed by atoms with Crippen molar-refractivity contribution in [3.63, 3.8) is 0 Å². The van der Waals surface area contributed by atoms with Crippen LogP contribution < -0.4 is 11.1 Å². The Morgan fingerprint density at radius 3 is 3.05 bits per heavy atom. The molecule has 0 saturated heterocycles. The summed E-state index contributed by atoms with van der Waals surface area (Å²) in [5.41, 5.74) is 8.05. The summed E-state index contributed by atoms with van der Waals surface area (Å²) in [4.78, 5) is 8.70. The highest BCUT2D eigenvalue weighted by molar-refractivity contribution is 5.79. The Labute approximate surface area is 119 Å². The Hall–Kier alpha value is -2.10. The van der Waals surface area contributed by atoms with Gasteiger partial charge in [0, 0.05) is 18.1 Å². The zero-order valence-corrected chi connectivity index (χ0v) is 11.5. The molecule has 0 spiro atoms. The molecule has 0 atom stereocenters. The SMILES string of the molecule is NC(=NCc1ccc2ncccc2c1)NCC1CCC1. The van der Waals surface area contributed by atoms with Gasteiger partial charge >= 0.3 is 0 Å². The van der Waals surface area contributed by atoms with Crippen LogP contribution in [0.15, 0.2) is 41.5 Å². The average molecular weight is 268 g/mol. The van der Waals surface area contributed by atoms with Crippen molar-refractivity contribution in [3.8, 4) is 0 Å². The highest BCUT2D eigenvalue weighted by Gasteiger charge is 2.16. The van der Waals surface area contributed by atoms with Gasteiger partial charge in [-0.3, -0.25) is 4.98 Å². The van der Waals surface area contributed by atoms with Crippen molar-refractivity contribution in [2.24, 2.45) is 16.6 Å². The summed E-state index contributed by atoms with van der Waals surface area (Å²) in [6.07, 6.45) is 5.80. The van der Waals surface area contributed by atoms with E-state index in [4.69, 9.17) is 5.73 Å². The topological polar surface area (TPSA) is 63.3 Å². The summed E-state index contributed by atoms with van der Waals surface area (Å²) in [7, 11) is 0. The minimum atomic E-state index is 0.545. The molecule has 3 rings (SSSR count). The fraction of sp³-hybridized carbons (Fsp3) is 0.375. The third kappa shape index (κ3) is 3.07. The van der Waals surface area contributed by atoms with Crippen molar-refractivity contribution in [2.45, 2.75) is 25.8 Å². The van der Waals surface area contributed by atoms with Crippen LogP contribution in [0.4, 0.5) is 0 Å². The summed E-state index contributed by atoms with van der Waals surface area (Å²) in [6, 6.07) is 10.2. The molecule has 0 amide bonds. The summed E-state index contributed by atoms with van der Waals surface area (Å²) in [5.74, 6) is 1.33. The van der Waals surface area contributed by atoms with Crippen molar-refractivity contribution < 1.29 is 0 Å². The van der Waals surface area contributed by atoms with Crippen LogP contribution in [-0.4, -0.2) is 17.5 Å². The van der Waals surface area contributed by atoms with Gasteiger partial charge in [0.2, 0.25) is 0 Å². The molecule has 1 aliphatic carbocycles. The van der Waals surface area contributed by atoms with E-state index in [1.165, 1.54) is 19.3 Å². The molecule has 0 radical (unpaired) electrons. The maximum Gasteiger partial charge on any atom is 0.188 e. The molecular formula is C16H20N4. The molecule has 1 saturated carbocycles. The number of hydrogen-bond acceptors (Lipinski definition) is 2. The molecule has 4 heteroatoms. The Bertz CT molecular complexity index is 617. The third-order valence-electron chi connectivity index (χ3n) is 3.90. The van der Waals surface area contributed by atoms with E-state index in [0.29, 0.717) is 12.5 Å². The first-order chi connectivity index (χ1) is 9.81. The van der Waals surface area contributed by atoms with E-state index in [1.54, 1.807) is 0 Å². The second kappa shape index (κ2) is 5.90. The molecule has 0 aliphatic heterocycles. The number of rotatable bonds is 4. The zero-order chi connectivity index (χ0) is 13.8. The lowest BCUT2D eigenvalue weighted by Gasteiger charge is -2.25. The molecule has 1 heterocycles. The minimum absolute atomic E-state index is 0.545. The lowest BCUT2D eigenvalue weighted by atomic mass is 9.85. The van der Waals surface area contributed by atoms with E-state index in [2.05, 4.69) is 33.5 Å². The van der Waals surface area contributed by atoms with E-state index < -0.39 is 0 Å². The lowest BCUT2D eigenvalue weighted by Crippen LogP contribution is -2.37. The van der Waals surface area contributed by atoms with Crippen molar-refractivity contribution in [3.05, 3.63) is 42.1 Å². The van der Waals surface area contributed by atoms with Crippen LogP contribution in [-0.2, 0) is 6.54 Å². The highest BCUT2D eigenvalue weighted by atomic mass is 15.1. The van der Waals surface area contributed by atoms with Crippen LogP contribution in [0.3, 0.4) is 0 Å². The number of benzene rings is 1. The average Bonchev–Trinajstić information content (AvgIpc) is 2.43.